The standard InChI is InChI=1S/C10H17NO3/c1-14-9(12)4-7-11-8-10(13)5-2-3-6-10/h4,7,11,13H,2-3,5-6,8H2,1H3/b7-4+. The van der Waals surface area contributed by atoms with Crippen LogP contribution >= 0.6 is 0 Å². The van der Waals surface area contributed by atoms with E-state index in [0.717, 1.165) is 25.7 Å². The molecule has 0 bridgehead atoms. The van der Waals surface area contributed by atoms with Gasteiger partial charge in [0.2, 0.25) is 0 Å². The number of rotatable bonds is 4. The van der Waals surface area contributed by atoms with Gasteiger partial charge in [0.15, 0.2) is 0 Å². The number of hydrogen-bond donors (Lipinski definition) is 2. The monoisotopic (exact) mass is 199 g/mol. The lowest BCUT2D eigenvalue weighted by molar-refractivity contribution is -0.134. The van der Waals surface area contributed by atoms with Gasteiger partial charge in [0, 0.05) is 18.8 Å². The molecule has 1 aliphatic rings. The highest BCUT2D eigenvalue weighted by Crippen LogP contribution is 2.28. The molecule has 0 radical (unpaired) electrons. The first kappa shape index (κ1) is 11.0. The molecule has 0 unspecified atom stereocenters. The predicted octanol–water partition coefficient (Wildman–Crippen LogP) is 0.568. The maximum Gasteiger partial charge on any atom is 0.331 e. The Labute approximate surface area is 83.9 Å². The van der Waals surface area contributed by atoms with E-state index in [4.69, 9.17) is 0 Å². The molecule has 0 saturated heterocycles. The van der Waals surface area contributed by atoms with Crippen LogP contribution in [0, 0.1) is 0 Å². The van der Waals surface area contributed by atoms with Crippen molar-refractivity contribution in [1.82, 2.24) is 5.32 Å². The lowest BCUT2D eigenvalue weighted by atomic mass is 10.0. The van der Waals surface area contributed by atoms with E-state index >= 15 is 0 Å². The number of hydrogen-bond acceptors (Lipinski definition) is 4. The Morgan fingerprint density at radius 1 is 1.57 bits per heavy atom. The number of carbonyl (C=O) groups excluding carboxylic acids is 1. The fraction of sp³-hybridized carbons (Fsp3) is 0.700. The van der Waals surface area contributed by atoms with Crippen LogP contribution in [0.3, 0.4) is 0 Å². The van der Waals surface area contributed by atoms with Gasteiger partial charge in [-0.05, 0) is 12.8 Å². The summed E-state index contributed by atoms with van der Waals surface area (Å²) in [7, 11) is 1.33. The third-order valence-electron chi connectivity index (χ3n) is 2.50. The van der Waals surface area contributed by atoms with Crippen molar-refractivity contribution in [3.05, 3.63) is 12.3 Å². The fourth-order valence-corrected chi connectivity index (χ4v) is 1.65. The van der Waals surface area contributed by atoms with Gasteiger partial charge in [-0.1, -0.05) is 12.8 Å². The number of esters is 1. The van der Waals surface area contributed by atoms with E-state index in [9.17, 15) is 9.90 Å². The molecule has 1 rings (SSSR count). The third-order valence-corrected chi connectivity index (χ3v) is 2.50. The van der Waals surface area contributed by atoms with Gasteiger partial charge < -0.3 is 15.2 Å². The Morgan fingerprint density at radius 3 is 2.79 bits per heavy atom. The zero-order chi connectivity index (χ0) is 10.4. The van der Waals surface area contributed by atoms with E-state index in [-0.39, 0.29) is 0 Å². The molecule has 2 N–H and O–H groups in total. The third kappa shape index (κ3) is 3.38. The van der Waals surface area contributed by atoms with Gasteiger partial charge in [-0.3, -0.25) is 0 Å². The lowest BCUT2D eigenvalue weighted by Crippen LogP contribution is -2.35. The van der Waals surface area contributed by atoms with Gasteiger partial charge in [0.1, 0.15) is 0 Å². The second kappa shape index (κ2) is 5.00. The van der Waals surface area contributed by atoms with E-state index in [1.165, 1.54) is 19.4 Å². The van der Waals surface area contributed by atoms with Crippen LogP contribution in [0.1, 0.15) is 25.7 Å². The van der Waals surface area contributed by atoms with Crippen LogP contribution in [0.2, 0.25) is 0 Å². The molecule has 4 heteroatoms. The average molecular weight is 199 g/mol. The van der Waals surface area contributed by atoms with E-state index in [2.05, 4.69) is 10.1 Å². The molecule has 0 atom stereocenters. The van der Waals surface area contributed by atoms with E-state index < -0.39 is 11.6 Å². The van der Waals surface area contributed by atoms with Crippen LogP contribution in [0.5, 0.6) is 0 Å². The van der Waals surface area contributed by atoms with E-state index in [1.54, 1.807) is 0 Å². The molecule has 0 aliphatic heterocycles. The highest BCUT2D eigenvalue weighted by atomic mass is 16.5. The minimum atomic E-state index is -0.583. The average Bonchev–Trinajstić information content (AvgIpc) is 2.60. The summed E-state index contributed by atoms with van der Waals surface area (Å²) in [6.45, 7) is 0.500. The molecule has 0 amide bonds. The Kier molecular flexibility index (Phi) is 3.95. The molecule has 80 valence electrons. The van der Waals surface area contributed by atoms with Crippen molar-refractivity contribution in [3.8, 4) is 0 Å². The van der Waals surface area contributed by atoms with Crippen molar-refractivity contribution in [2.45, 2.75) is 31.3 Å². The molecule has 0 aromatic rings. The summed E-state index contributed by atoms with van der Waals surface area (Å²) in [5, 5.41) is 12.8. The van der Waals surface area contributed by atoms with Crippen LogP contribution in [0.25, 0.3) is 0 Å². The van der Waals surface area contributed by atoms with Gasteiger partial charge in [-0.15, -0.1) is 0 Å². The molecule has 0 spiro atoms. The highest BCUT2D eigenvalue weighted by Gasteiger charge is 2.30. The zero-order valence-electron chi connectivity index (χ0n) is 8.45. The Hall–Kier alpha value is -1.03. The second-order valence-electron chi connectivity index (χ2n) is 3.67. The smallest absolute Gasteiger partial charge is 0.331 e. The highest BCUT2D eigenvalue weighted by molar-refractivity contribution is 5.81. The second-order valence-corrected chi connectivity index (χ2v) is 3.67. The van der Waals surface area contributed by atoms with Crippen molar-refractivity contribution in [2.75, 3.05) is 13.7 Å². The molecule has 14 heavy (non-hydrogen) atoms. The molecule has 1 aliphatic carbocycles. The number of carbonyl (C=O) groups is 1. The molecular formula is C10H17NO3. The molecule has 0 aromatic heterocycles. The van der Waals surface area contributed by atoms with Gasteiger partial charge in [0.25, 0.3) is 0 Å². The van der Waals surface area contributed by atoms with E-state index in [0.29, 0.717) is 6.54 Å². The summed E-state index contributed by atoms with van der Waals surface area (Å²) in [5.74, 6) is -0.393. The first-order chi connectivity index (χ1) is 6.66. The Bertz CT molecular complexity index is 219. The summed E-state index contributed by atoms with van der Waals surface area (Å²) in [4.78, 5) is 10.7. The summed E-state index contributed by atoms with van der Waals surface area (Å²) < 4.78 is 4.42. The SMILES string of the molecule is COC(=O)/C=C/NCC1(O)CCCC1. The number of ether oxygens (including phenoxy) is 1. The van der Waals surface area contributed by atoms with Crippen LogP contribution in [0.15, 0.2) is 12.3 Å². The molecule has 0 aromatic carbocycles. The molecule has 4 nitrogen and oxygen atoms in total. The maximum atomic E-state index is 10.7. The largest absolute Gasteiger partial charge is 0.466 e. The summed E-state index contributed by atoms with van der Waals surface area (Å²) >= 11 is 0. The van der Waals surface area contributed by atoms with Crippen molar-refractivity contribution < 1.29 is 14.6 Å². The van der Waals surface area contributed by atoms with Crippen LogP contribution in [0.4, 0.5) is 0 Å². The predicted molar refractivity (Wildman–Crippen MR) is 52.6 cm³/mol. The summed E-state index contributed by atoms with van der Waals surface area (Å²) in [6, 6.07) is 0. The number of aliphatic hydroxyl groups is 1. The minimum Gasteiger partial charge on any atom is -0.466 e. The van der Waals surface area contributed by atoms with Gasteiger partial charge >= 0.3 is 5.97 Å². The first-order valence-corrected chi connectivity index (χ1v) is 4.87. The van der Waals surface area contributed by atoms with E-state index in [1.807, 2.05) is 0 Å². The van der Waals surface area contributed by atoms with Crippen LogP contribution < -0.4 is 5.32 Å². The number of nitrogens with one attached hydrogen (secondary N) is 1. The Morgan fingerprint density at radius 2 is 2.21 bits per heavy atom. The van der Waals surface area contributed by atoms with Crippen molar-refractivity contribution in [2.24, 2.45) is 0 Å². The van der Waals surface area contributed by atoms with Crippen molar-refractivity contribution in [3.63, 3.8) is 0 Å². The Balaban J connectivity index is 2.20. The quantitative estimate of drug-likeness (QED) is 0.513. The zero-order valence-corrected chi connectivity index (χ0v) is 8.45. The van der Waals surface area contributed by atoms with Crippen LogP contribution in [-0.4, -0.2) is 30.3 Å². The summed E-state index contributed by atoms with van der Waals surface area (Å²) in [6.07, 6.45) is 6.66. The molecule has 1 fully saturated rings. The topological polar surface area (TPSA) is 58.6 Å². The fourth-order valence-electron chi connectivity index (χ4n) is 1.65. The lowest BCUT2D eigenvalue weighted by Gasteiger charge is -2.21. The molecular weight excluding hydrogens is 182 g/mol. The molecule has 1 saturated carbocycles. The first-order valence-electron chi connectivity index (χ1n) is 4.87. The minimum absolute atomic E-state index is 0.393. The molecule has 0 heterocycles. The summed E-state index contributed by atoms with van der Waals surface area (Å²) in [5.41, 5.74) is -0.583. The van der Waals surface area contributed by atoms with Gasteiger partial charge in [0.05, 0.1) is 12.7 Å². The maximum absolute atomic E-state index is 10.7. The van der Waals surface area contributed by atoms with Gasteiger partial charge in [-0.25, -0.2) is 4.79 Å². The normalized spacial score (nSPS) is 19.9. The van der Waals surface area contributed by atoms with Gasteiger partial charge in [-0.2, -0.15) is 0 Å². The van der Waals surface area contributed by atoms with Crippen molar-refractivity contribution >= 4 is 5.97 Å². The van der Waals surface area contributed by atoms with Crippen LogP contribution in [-0.2, 0) is 9.53 Å². The number of methoxy groups -OCH3 is 1. The van der Waals surface area contributed by atoms with Crippen molar-refractivity contribution in [1.29, 1.82) is 0 Å².